The molecular formula is C12H15BrClN3O2. The number of amidine groups is 1. The van der Waals surface area contributed by atoms with Gasteiger partial charge in [0.2, 0.25) is 0 Å². The number of nitrogens with two attached hydrogens (primary N) is 1. The van der Waals surface area contributed by atoms with Crippen LogP contribution in [0.15, 0.2) is 27.8 Å². The summed E-state index contributed by atoms with van der Waals surface area (Å²) in [6.45, 7) is 3.76. The zero-order valence-electron chi connectivity index (χ0n) is 10.6. The summed E-state index contributed by atoms with van der Waals surface area (Å²) in [5, 5.41) is 12.0. The summed E-state index contributed by atoms with van der Waals surface area (Å²) in [4.78, 5) is 13.9. The van der Waals surface area contributed by atoms with Crippen molar-refractivity contribution in [3.05, 3.63) is 33.3 Å². The van der Waals surface area contributed by atoms with Crippen LogP contribution in [0.1, 0.15) is 24.2 Å². The number of halogens is 2. The molecule has 1 aromatic rings. The van der Waals surface area contributed by atoms with Crippen LogP contribution in [0, 0.1) is 0 Å². The van der Waals surface area contributed by atoms with Gasteiger partial charge in [-0.1, -0.05) is 16.8 Å². The van der Waals surface area contributed by atoms with Crippen molar-refractivity contribution in [3.8, 4) is 0 Å². The molecule has 1 amide bonds. The summed E-state index contributed by atoms with van der Waals surface area (Å²) in [6.07, 6.45) is 0. The lowest BCUT2D eigenvalue weighted by Gasteiger charge is -2.26. The van der Waals surface area contributed by atoms with E-state index >= 15 is 0 Å². The van der Waals surface area contributed by atoms with Gasteiger partial charge in [0.05, 0.1) is 12.1 Å². The van der Waals surface area contributed by atoms with E-state index in [-0.39, 0.29) is 24.3 Å². The summed E-state index contributed by atoms with van der Waals surface area (Å²) in [5.74, 6) is -0.239. The van der Waals surface area contributed by atoms with E-state index in [4.69, 9.17) is 22.5 Å². The molecule has 7 heteroatoms. The molecule has 19 heavy (non-hydrogen) atoms. The number of hydrogen-bond acceptors (Lipinski definition) is 3. The van der Waals surface area contributed by atoms with E-state index in [1.165, 1.54) is 4.90 Å². The highest BCUT2D eigenvalue weighted by atomic mass is 79.9. The van der Waals surface area contributed by atoms with Crippen LogP contribution in [-0.2, 0) is 0 Å². The Balaban J connectivity index is 3.06. The van der Waals surface area contributed by atoms with Gasteiger partial charge in [-0.05, 0) is 48.0 Å². The Kier molecular flexibility index (Phi) is 5.62. The largest absolute Gasteiger partial charge is 0.409 e. The van der Waals surface area contributed by atoms with Gasteiger partial charge in [0.15, 0.2) is 5.84 Å². The topological polar surface area (TPSA) is 78.9 Å². The second-order valence-electron chi connectivity index (χ2n) is 4.24. The van der Waals surface area contributed by atoms with Crippen LogP contribution < -0.4 is 5.73 Å². The average molecular weight is 349 g/mol. The monoisotopic (exact) mass is 347 g/mol. The lowest BCUT2D eigenvalue weighted by molar-refractivity contribution is 0.0733. The van der Waals surface area contributed by atoms with Crippen LogP contribution >= 0.6 is 27.5 Å². The van der Waals surface area contributed by atoms with Crippen molar-refractivity contribution < 1.29 is 10.0 Å². The minimum atomic E-state index is -0.217. The molecule has 0 aliphatic carbocycles. The zero-order chi connectivity index (χ0) is 14.6. The fourth-order valence-electron chi connectivity index (χ4n) is 1.51. The SMILES string of the molecule is CC(C)N(C/C(N)=N/O)C(=O)c1ccc(Cl)cc1Br. The van der Waals surface area contributed by atoms with E-state index < -0.39 is 0 Å². The first-order chi connectivity index (χ1) is 8.86. The number of nitrogens with zero attached hydrogens (tertiary/aromatic N) is 2. The Morgan fingerprint density at radius 3 is 2.68 bits per heavy atom. The third-order valence-electron chi connectivity index (χ3n) is 2.51. The van der Waals surface area contributed by atoms with Crippen LogP contribution in [0.4, 0.5) is 0 Å². The number of carbonyl (C=O) groups excluding carboxylic acids is 1. The number of benzene rings is 1. The van der Waals surface area contributed by atoms with Crippen molar-refractivity contribution in [2.24, 2.45) is 10.9 Å². The molecule has 0 atom stereocenters. The smallest absolute Gasteiger partial charge is 0.255 e. The number of oxime groups is 1. The fraction of sp³-hybridized carbons (Fsp3) is 0.333. The second kappa shape index (κ2) is 6.77. The molecule has 0 saturated carbocycles. The summed E-state index contributed by atoms with van der Waals surface area (Å²) >= 11 is 9.15. The third-order valence-corrected chi connectivity index (χ3v) is 3.40. The number of amides is 1. The van der Waals surface area contributed by atoms with Crippen LogP contribution in [0.2, 0.25) is 5.02 Å². The molecule has 0 aliphatic heterocycles. The maximum atomic E-state index is 12.4. The second-order valence-corrected chi connectivity index (χ2v) is 5.53. The molecule has 0 fully saturated rings. The predicted octanol–water partition coefficient (Wildman–Crippen LogP) is 2.70. The number of carbonyl (C=O) groups is 1. The van der Waals surface area contributed by atoms with Crippen LogP contribution in [0.5, 0.6) is 0 Å². The van der Waals surface area contributed by atoms with Gasteiger partial charge >= 0.3 is 0 Å². The molecule has 1 rings (SSSR count). The molecule has 0 bridgehead atoms. The Bertz CT molecular complexity index is 506. The molecule has 0 radical (unpaired) electrons. The van der Waals surface area contributed by atoms with Crippen molar-refractivity contribution in [1.82, 2.24) is 4.90 Å². The van der Waals surface area contributed by atoms with E-state index in [0.29, 0.717) is 15.1 Å². The maximum Gasteiger partial charge on any atom is 0.255 e. The Morgan fingerprint density at radius 1 is 1.58 bits per heavy atom. The summed E-state index contributed by atoms with van der Waals surface area (Å²) in [6, 6.07) is 4.84. The lowest BCUT2D eigenvalue weighted by atomic mass is 10.1. The fourth-order valence-corrected chi connectivity index (χ4v) is 2.36. The first-order valence-electron chi connectivity index (χ1n) is 5.59. The number of rotatable bonds is 4. The van der Waals surface area contributed by atoms with E-state index in [2.05, 4.69) is 21.1 Å². The quantitative estimate of drug-likeness (QED) is 0.380. The van der Waals surface area contributed by atoms with Gasteiger partial charge in [-0.3, -0.25) is 4.79 Å². The predicted molar refractivity (Wildman–Crippen MR) is 78.7 cm³/mol. The van der Waals surface area contributed by atoms with Gasteiger partial charge in [-0.15, -0.1) is 0 Å². The molecule has 0 aromatic heterocycles. The zero-order valence-corrected chi connectivity index (χ0v) is 12.9. The van der Waals surface area contributed by atoms with E-state index in [9.17, 15) is 4.79 Å². The molecule has 0 unspecified atom stereocenters. The Hall–Kier alpha value is -1.27. The van der Waals surface area contributed by atoms with E-state index in [1.54, 1.807) is 18.2 Å². The van der Waals surface area contributed by atoms with Crippen molar-refractivity contribution in [3.63, 3.8) is 0 Å². The van der Waals surface area contributed by atoms with E-state index in [0.717, 1.165) is 0 Å². The molecular weight excluding hydrogens is 334 g/mol. The summed E-state index contributed by atoms with van der Waals surface area (Å²) < 4.78 is 0.607. The molecule has 1 aromatic carbocycles. The maximum absolute atomic E-state index is 12.4. The molecule has 5 nitrogen and oxygen atoms in total. The first kappa shape index (κ1) is 15.8. The molecule has 0 spiro atoms. The van der Waals surface area contributed by atoms with Crippen LogP contribution in [-0.4, -0.2) is 34.4 Å². The first-order valence-corrected chi connectivity index (χ1v) is 6.76. The highest BCUT2D eigenvalue weighted by Gasteiger charge is 2.22. The van der Waals surface area contributed by atoms with Gasteiger partial charge in [-0.2, -0.15) is 0 Å². The van der Waals surface area contributed by atoms with Crippen LogP contribution in [0.25, 0.3) is 0 Å². The number of hydrogen-bond donors (Lipinski definition) is 2. The highest BCUT2D eigenvalue weighted by molar-refractivity contribution is 9.10. The van der Waals surface area contributed by atoms with Gasteiger partial charge < -0.3 is 15.8 Å². The van der Waals surface area contributed by atoms with Crippen molar-refractivity contribution >= 4 is 39.3 Å². The molecule has 104 valence electrons. The van der Waals surface area contributed by atoms with Gasteiger partial charge in [0.25, 0.3) is 5.91 Å². The third kappa shape index (κ3) is 4.11. The molecule has 0 saturated heterocycles. The minimum Gasteiger partial charge on any atom is -0.409 e. The van der Waals surface area contributed by atoms with Crippen LogP contribution in [0.3, 0.4) is 0 Å². The molecule has 3 N–H and O–H groups in total. The van der Waals surface area contributed by atoms with Crippen molar-refractivity contribution in [2.75, 3.05) is 6.54 Å². The summed E-state index contributed by atoms with van der Waals surface area (Å²) in [5.41, 5.74) is 5.94. The highest BCUT2D eigenvalue weighted by Crippen LogP contribution is 2.23. The van der Waals surface area contributed by atoms with Crippen molar-refractivity contribution in [1.29, 1.82) is 0 Å². The molecule has 0 aliphatic rings. The molecule has 0 heterocycles. The Morgan fingerprint density at radius 2 is 2.21 bits per heavy atom. The van der Waals surface area contributed by atoms with Gasteiger partial charge in [0.1, 0.15) is 0 Å². The summed E-state index contributed by atoms with van der Waals surface area (Å²) in [7, 11) is 0. The normalized spacial score (nSPS) is 11.7. The lowest BCUT2D eigenvalue weighted by Crippen LogP contribution is -2.43. The van der Waals surface area contributed by atoms with Gasteiger partial charge in [-0.25, -0.2) is 0 Å². The Labute approximate surface area is 125 Å². The van der Waals surface area contributed by atoms with Crippen molar-refractivity contribution in [2.45, 2.75) is 19.9 Å². The standard InChI is InChI=1S/C12H15BrClN3O2/c1-7(2)17(6-11(15)16-19)12(18)9-4-3-8(14)5-10(9)13/h3-5,7,19H,6H2,1-2H3,(H2,15,16). The van der Waals surface area contributed by atoms with Gasteiger partial charge in [0, 0.05) is 15.5 Å². The van der Waals surface area contributed by atoms with E-state index in [1.807, 2.05) is 13.8 Å². The average Bonchev–Trinajstić information content (AvgIpc) is 2.34. The minimum absolute atomic E-state index is 0.0212.